The topological polar surface area (TPSA) is 77.7 Å². The number of nitrogens with zero attached hydrogens (tertiary/aromatic N) is 3. The molecule has 142 valence electrons. The third kappa shape index (κ3) is 3.72. The molecule has 1 aromatic carbocycles. The monoisotopic (exact) mass is 369 g/mol. The van der Waals surface area contributed by atoms with Gasteiger partial charge in [-0.1, -0.05) is 6.92 Å². The fraction of sp³-hybridized carbons (Fsp3) is 0.450. The molecule has 1 amide bonds. The number of H-pyrrole nitrogens is 2. The molecule has 3 heterocycles. The predicted octanol–water partition coefficient (Wildman–Crippen LogP) is 3.33. The minimum Gasteiger partial charge on any atom is -0.342 e. The van der Waals surface area contributed by atoms with Crippen molar-refractivity contribution in [1.82, 2.24) is 25.1 Å². The van der Waals surface area contributed by atoms with Crippen LogP contribution in [0.15, 0.2) is 24.4 Å². The van der Waals surface area contributed by atoms with Crippen molar-refractivity contribution < 1.29 is 9.18 Å². The van der Waals surface area contributed by atoms with Crippen LogP contribution in [0, 0.1) is 5.82 Å². The van der Waals surface area contributed by atoms with Gasteiger partial charge in [0.2, 0.25) is 5.91 Å². The Morgan fingerprint density at radius 1 is 1.41 bits per heavy atom. The predicted molar refractivity (Wildman–Crippen MR) is 101 cm³/mol. The molecule has 1 unspecified atom stereocenters. The summed E-state index contributed by atoms with van der Waals surface area (Å²) in [6.07, 6.45) is 5.85. The number of carbonyl (C=O) groups excluding carboxylic acids is 1. The molecule has 6 nitrogen and oxygen atoms in total. The highest BCUT2D eigenvalue weighted by molar-refractivity contribution is 5.77. The highest BCUT2D eigenvalue weighted by Gasteiger charge is 2.27. The maximum absolute atomic E-state index is 13.3. The standard InChI is InChI=1S/C20H24FN5O/c1-2-13-11-22-25-20(13)14-4-3-9-26(12-14)19(27)8-7-18-23-16-6-5-15(21)10-17(16)24-18/h5-6,10-11,14H,2-4,7-9,12H2,1H3,(H,22,25)(H,23,24). The van der Waals surface area contributed by atoms with E-state index in [0.717, 1.165) is 43.7 Å². The van der Waals surface area contributed by atoms with Crippen molar-refractivity contribution in [2.24, 2.45) is 0 Å². The molecule has 2 aromatic heterocycles. The molecule has 1 fully saturated rings. The summed E-state index contributed by atoms with van der Waals surface area (Å²) in [5.74, 6) is 0.899. The van der Waals surface area contributed by atoms with Crippen LogP contribution in [0.1, 0.15) is 49.2 Å². The van der Waals surface area contributed by atoms with E-state index >= 15 is 0 Å². The molecule has 1 atom stereocenters. The molecule has 4 rings (SSSR count). The molecule has 3 aromatic rings. The number of piperidine rings is 1. The van der Waals surface area contributed by atoms with Crippen molar-refractivity contribution in [3.63, 3.8) is 0 Å². The van der Waals surface area contributed by atoms with Gasteiger partial charge in [-0.2, -0.15) is 5.10 Å². The zero-order valence-electron chi connectivity index (χ0n) is 15.5. The van der Waals surface area contributed by atoms with Gasteiger partial charge < -0.3 is 9.88 Å². The Balaban J connectivity index is 1.38. The Hall–Kier alpha value is -2.70. The number of hydrogen-bond acceptors (Lipinski definition) is 3. The average Bonchev–Trinajstić information content (AvgIpc) is 3.32. The Morgan fingerprint density at radius 2 is 2.30 bits per heavy atom. The van der Waals surface area contributed by atoms with Crippen molar-refractivity contribution in [2.75, 3.05) is 13.1 Å². The first-order valence-corrected chi connectivity index (χ1v) is 9.58. The zero-order chi connectivity index (χ0) is 18.8. The van der Waals surface area contributed by atoms with Gasteiger partial charge in [0.15, 0.2) is 0 Å². The van der Waals surface area contributed by atoms with E-state index in [1.54, 1.807) is 6.07 Å². The van der Waals surface area contributed by atoms with Gasteiger partial charge in [0.25, 0.3) is 0 Å². The summed E-state index contributed by atoms with van der Waals surface area (Å²) < 4.78 is 13.3. The smallest absolute Gasteiger partial charge is 0.223 e. The molecule has 1 aliphatic rings. The fourth-order valence-corrected chi connectivity index (χ4v) is 3.93. The number of aromatic nitrogens is 4. The maximum atomic E-state index is 13.3. The van der Waals surface area contributed by atoms with Gasteiger partial charge in [0, 0.05) is 37.5 Å². The highest BCUT2D eigenvalue weighted by atomic mass is 19.1. The molecule has 7 heteroatoms. The third-order valence-corrected chi connectivity index (χ3v) is 5.38. The summed E-state index contributed by atoms with van der Waals surface area (Å²) in [4.78, 5) is 22.2. The van der Waals surface area contributed by atoms with Gasteiger partial charge >= 0.3 is 0 Å². The van der Waals surface area contributed by atoms with E-state index in [9.17, 15) is 9.18 Å². The van der Waals surface area contributed by atoms with Gasteiger partial charge in [0.05, 0.1) is 17.2 Å². The molecule has 0 spiro atoms. The second kappa shape index (κ2) is 7.50. The van der Waals surface area contributed by atoms with E-state index in [-0.39, 0.29) is 11.7 Å². The number of rotatable bonds is 5. The normalized spacial score (nSPS) is 17.6. The quantitative estimate of drug-likeness (QED) is 0.724. The van der Waals surface area contributed by atoms with E-state index in [4.69, 9.17) is 0 Å². The van der Waals surface area contributed by atoms with Gasteiger partial charge in [-0.25, -0.2) is 9.37 Å². The van der Waals surface area contributed by atoms with E-state index < -0.39 is 0 Å². The lowest BCUT2D eigenvalue weighted by molar-refractivity contribution is -0.132. The molecule has 0 bridgehead atoms. The first-order chi connectivity index (χ1) is 13.1. The number of benzene rings is 1. The molecule has 0 saturated carbocycles. The van der Waals surface area contributed by atoms with E-state index in [1.165, 1.54) is 23.4 Å². The zero-order valence-corrected chi connectivity index (χ0v) is 15.5. The number of amides is 1. The summed E-state index contributed by atoms with van der Waals surface area (Å²) in [6.45, 7) is 3.66. The van der Waals surface area contributed by atoms with Gasteiger partial charge in [-0.3, -0.25) is 9.89 Å². The molecule has 1 aliphatic heterocycles. The number of imidazole rings is 1. The number of aryl methyl sites for hydroxylation is 2. The van der Waals surface area contributed by atoms with Crippen LogP contribution >= 0.6 is 0 Å². The van der Waals surface area contributed by atoms with Crippen molar-refractivity contribution in [3.05, 3.63) is 47.3 Å². The van der Waals surface area contributed by atoms with E-state index in [1.807, 2.05) is 11.1 Å². The Kier molecular flexibility index (Phi) is 4.92. The number of aromatic amines is 2. The van der Waals surface area contributed by atoms with Crippen LogP contribution < -0.4 is 0 Å². The van der Waals surface area contributed by atoms with Crippen molar-refractivity contribution in [2.45, 2.75) is 44.9 Å². The van der Waals surface area contributed by atoms with Crippen LogP contribution in [0.4, 0.5) is 4.39 Å². The highest BCUT2D eigenvalue weighted by Crippen LogP contribution is 2.28. The Bertz CT molecular complexity index is 947. The molecule has 0 aliphatic carbocycles. The van der Waals surface area contributed by atoms with Gasteiger partial charge in [-0.15, -0.1) is 0 Å². The SMILES string of the molecule is CCc1cn[nH]c1C1CCCN(C(=O)CCc2nc3ccc(F)cc3[nH]2)C1. The first kappa shape index (κ1) is 17.7. The summed E-state index contributed by atoms with van der Waals surface area (Å²) in [5.41, 5.74) is 3.81. The van der Waals surface area contributed by atoms with Crippen LogP contribution in [0.25, 0.3) is 11.0 Å². The van der Waals surface area contributed by atoms with Crippen molar-refractivity contribution in [3.8, 4) is 0 Å². The van der Waals surface area contributed by atoms with Gasteiger partial charge in [0.1, 0.15) is 11.6 Å². The lowest BCUT2D eigenvalue weighted by Gasteiger charge is -2.32. The third-order valence-electron chi connectivity index (χ3n) is 5.38. The number of hydrogen-bond donors (Lipinski definition) is 2. The lowest BCUT2D eigenvalue weighted by atomic mass is 9.92. The van der Waals surface area contributed by atoms with Crippen LogP contribution in [-0.2, 0) is 17.6 Å². The summed E-state index contributed by atoms with van der Waals surface area (Å²) in [7, 11) is 0. The second-order valence-electron chi connectivity index (χ2n) is 7.19. The molecular formula is C20H24FN5O. The molecule has 2 N–H and O–H groups in total. The fourth-order valence-electron chi connectivity index (χ4n) is 3.93. The lowest BCUT2D eigenvalue weighted by Crippen LogP contribution is -2.39. The van der Waals surface area contributed by atoms with Crippen molar-refractivity contribution in [1.29, 1.82) is 0 Å². The maximum Gasteiger partial charge on any atom is 0.223 e. The van der Waals surface area contributed by atoms with Gasteiger partial charge in [-0.05, 0) is 43.0 Å². The van der Waals surface area contributed by atoms with E-state index in [2.05, 4.69) is 27.1 Å². The second-order valence-corrected chi connectivity index (χ2v) is 7.19. The summed E-state index contributed by atoms with van der Waals surface area (Å²) >= 11 is 0. The number of nitrogens with one attached hydrogen (secondary N) is 2. The number of likely N-dealkylation sites (tertiary alicyclic amines) is 1. The minimum atomic E-state index is -0.293. The summed E-state index contributed by atoms with van der Waals surface area (Å²) in [5, 5.41) is 7.30. The first-order valence-electron chi connectivity index (χ1n) is 9.58. The number of carbonyl (C=O) groups is 1. The Morgan fingerprint density at radius 3 is 3.15 bits per heavy atom. The Labute approximate surface area is 157 Å². The van der Waals surface area contributed by atoms with Crippen molar-refractivity contribution >= 4 is 16.9 Å². The van der Waals surface area contributed by atoms with Crippen LogP contribution in [0.3, 0.4) is 0 Å². The molecule has 0 radical (unpaired) electrons. The van der Waals surface area contributed by atoms with Crippen LogP contribution in [-0.4, -0.2) is 44.1 Å². The summed E-state index contributed by atoms with van der Waals surface area (Å²) in [6, 6.07) is 4.47. The minimum absolute atomic E-state index is 0.143. The molecule has 27 heavy (non-hydrogen) atoms. The van der Waals surface area contributed by atoms with E-state index in [0.29, 0.717) is 24.3 Å². The number of halogens is 1. The largest absolute Gasteiger partial charge is 0.342 e. The average molecular weight is 369 g/mol. The number of fused-ring (bicyclic) bond motifs is 1. The van der Waals surface area contributed by atoms with Crippen LogP contribution in [0.2, 0.25) is 0 Å². The molecular weight excluding hydrogens is 345 g/mol. The molecule has 1 saturated heterocycles. The van der Waals surface area contributed by atoms with Crippen LogP contribution in [0.5, 0.6) is 0 Å².